The van der Waals surface area contributed by atoms with Crippen LogP contribution in [0.2, 0.25) is 0 Å². The number of benzene rings is 6. The predicted molar refractivity (Wildman–Crippen MR) is 200 cm³/mol. The largest absolute Gasteiger partial charge is 0.248 e. The molecule has 0 aliphatic heterocycles. The third-order valence-electron chi connectivity index (χ3n) is 9.36. The van der Waals surface area contributed by atoms with Gasteiger partial charge in [0.2, 0.25) is 0 Å². The number of para-hydroxylation sites is 2. The molecule has 6 aromatic carbocycles. The van der Waals surface area contributed by atoms with Crippen LogP contribution in [0.25, 0.3) is 66.1 Å². The molecular weight excluding hydrogens is 585 g/mol. The highest BCUT2D eigenvalue weighted by molar-refractivity contribution is 5.97. The maximum Gasteiger partial charge on any atom is 0.0936 e. The number of hydrogen-bond donors (Lipinski definition) is 0. The average Bonchev–Trinajstić information content (AvgIpc) is 3.09. The zero-order valence-electron chi connectivity index (χ0n) is 28.1. The van der Waals surface area contributed by atoms with E-state index in [-0.39, 0.29) is 10.8 Å². The molecule has 0 spiro atoms. The Kier molecular flexibility index (Phi) is 7.06. The summed E-state index contributed by atoms with van der Waals surface area (Å²) in [6.07, 6.45) is 0.767. The highest BCUT2D eigenvalue weighted by Gasteiger charge is 2.29. The van der Waals surface area contributed by atoms with Crippen molar-refractivity contribution in [2.24, 2.45) is 0 Å². The van der Waals surface area contributed by atoms with E-state index in [1.807, 2.05) is 18.2 Å². The van der Waals surface area contributed by atoms with Gasteiger partial charge in [-0.25, -0.2) is 19.9 Å². The van der Waals surface area contributed by atoms with Gasteiger partial charge in [0.1, 0.15) is 0 Å². The van der Waals surface area contributed by atoms with Crippen LogP contribution >= 0.6 is 0 Å². The van der Waals surface area contributed by atoms with Gasteiger partial charge in [-0.15, -0.1) is 0 Å². The van der Waals surface area contributed by atoms with Gasteiger partial charge in [-0.05, 0) is 63.9 Å². The second-order valence-electron chi connectivity index (χ2n) is 14.6. The maximum atomic E-state index is 5.37. The van der Waals surface area contributed by atoms with E-state index in [9.17, 15) is 0 Å². The number of aromatic nitrogens is 4. The van der Waals surface area contributed by atoms with Crippen LogP contribution in [0.1, 0.15) is 51.6 Å². The van der Waals surface area contributed by atoms with Crippen LogP contribution < -0.4 is 0 Å². The number of nitrogens with zero attached hydrogens (tertiary/aromatic N) is 4. The Hall–Kier alpha value is -5.48. The van der Waals surface area contributed by atoms with Crippen molar-refractivity contribution in [3.63, 3.8) is 0 Å². The van der Waals surface area contributed by atoms with Crippen LogP contribution in [-0.4, -0.2) is 19.9 Å². The predicted octanol–water partition coefficient (Wildman–Crippen LogP) is 11.0. The summed E-state index contributed by atoms with van der Waals surface area (Å²) in [5, 5.41) is 4.79. The van der Waals surface area contributed by atoms with E-state index in [0.29, 0.717) is 0 Å². The van der Waals surface area contributed by atoms with Crippen molar-refractivity contribution in [3.05, 3.63) is 144 Å². The van der Waals surface area contributed by atoms with Crippen molar-refractivity contribution in [2.45, 2.75) is 51.9 Å². The minimum atomic E-state index is -0.330. The molecule has 0 saturated heterocycles. The smallest absolute Gasteiger partial charge is 0.0936 e. The van der Waals surface area contributed by atoms with Crippen molar-refractivity contribution >= 4 is 43.6 Å². The zero-order chi connectivity index (χ0) is 33.0. The number of rotatable bonds is 5. The molecule has 0 aliphatic carbocycles. The lowest BCUT2D eigenvalue weighted by Gasteiger charge is -2.27. The van der Waals surface area contributed by atoms with Gasteiger partial charge in [0.05, 0.1) is 44.8 Å². The Labute approximate surface area is 281 Å². The molecule has 0 atom stereocenters. The van der Waals surface area contributed by atoms with E-state index in [1.54, 1.807) is 0 Å². The van der Waals surface area contributed by atoms with E-state index < -0.39 is 0 Å². The molecule has 4 heteroatoms. The summed E-state index contributed by atoms with van der Waals surface area (Å²) in [5.74, 6) is 0. The molecule has 8 rings (SSSR count). The van der Waals surface area contributed by atoms with Gasteiger partial charge in [-0.1, -0.05) is 132 Å². The highest BCUT2D eigenvalue weighted by atomic mass is 14.9. The second-order valence-corrected chi connectivity index (χ2v) is 14.6. The Bertz CT molecular complexity index is 2500. The first-order chi connectivity index (χ1) is 23.1. The van der Waals surface area contributed by atoms with Crippen molar-refractivity contribution < 1.29 is 0 Å². The molecule has 0 bridgehead atoms. The van der Waals surface area contributed by atoms with Gasteiger partial charge < -0.3 is 0 Å². The van der Waals surface area contributed by atoms with Crippen molar-refractivity contribution in [1.29, 1.82) is 0 Å². The molecule has 0 aliphatic rings. The quantitative estimate of drug-likeness (QED) is 0.192. The minimum absolute atomic E-state index is 0.179. The molecule has 2 heterocycles. The molecule has 0 saturated carbocycles. The topological polar surface area (TPSA) is 51.6 Å². The van der Waals surface area contributed by atoms with E-state index in [1.165, 1.54) is 27.1 Å². The summed E-state index contributed by atoms with van der Waals surface area (Å²) in [5.41, 5.74) is 10.4. The maximum absolute atomic E-state index is 5.37. The minimum Gasteiger partial charge on any atom is -0.248 e. The molecule has 0 unspecified atom stereocenters. The lowest BCUT2D eigenvalue weighted by Crippen LogP contribution is -2.24. The van der Waals surface area contributed by atoms with E-state index in [0.717, 1.165) is 62.4 Å². The van der Waals surface area contributed by atoms with Crippen LogP contribution in [0.15, 0.2) is 127 Å². The summed E-state index contributed by atoms with van der Waals surface area (Å²) in [4.78, 5) is 21.1. The molecule has 48 heavy (non-hydrogen) atoms. The SMILES string of the molecule is CC(C)(C)c1nc2ccc(CC(C)(C)c3nc4ccccc4nc3-c3ccc4ccccc4c3)cc2nc1-c1cccc2ccccc12. The average molecular weight is 623 g/mol. The Morgan fingerprint density at radius 2 is 1.08 bits per heavy atom. The lowest BCUT2D eigenvalue weighted by molar-refractivity contribution is 0.507. The van der Waals surface area contributed by atoms with Crippen LogP contribution in [0.5, 0.6) is 0 Å². The molecule has 8 aromatic rings. The molecule has 0 radical (unpaired) electrons. The summed E-state index contributed by atoms with van der Waals surface area (Å²) >= 11 is 0. The fourth-order valence-corrected chi connectivity index (χ4v) is 6.96. The molecule has 2 aromatic heterocycles. The van der Waals surface area contributed by atoms with Crippen molar-refractivity contribution in [1.82, 2.24) is 19.9 Å². The number of hydrogen-bond acceptors (Lipinski definition) is 4. The van der Waals surface area contributed by atoms with Crippen LogP contribution in [0, 0.1) is 0 Å². The molecule has 234 valence electrons. The Morgan fingerprint density at radius 3 is 1.88 bits per heavy atom. The third-order valence-corrected chi connectivity index (χ3v) is 9.36. The van der Waals surface area contributed by atoms with Gasteiger partial charge in [0.15, 0.2) is 0 Å². The second kappa shape index (κ2) is 11.3. The molecule has 0 N–H and O–H groups in total. The van der Waals surface area contributed by atoms with E-state index in [2.05, 4.69) is 144 Å². The van der Waals surface area contributed by atoms with Crippen LogP contribution in [0.4, 0.5) is 0 Å². The summed E-state index contributed by atoms with van der Waals surface area (Å²) in [6, 6.07) is 44.7. The van der Waals surface area contributed by atoms with Crippen molar-refractivity contribution in [3.8, 4) is 22.5 Å². The summed E-state index contributed by atoms with van der Waals surface area (Å²) in [7, 11) is 0. The zero-order valence-corrected chi connectivity index (χ0v) is 28.1. The van der Waals surface area contributed by atoms with Gasteiger partial charge in [-0.2, -0.15) is 0 Å². The van der Waals surface area contributed by atoms with Gasteiger partial charge in [0.25, 0.3) is 0 Å². The fourth-order valence-electron chi connectivity index (χ4n) is 6.96. The van der Waals surface area contributed by atoms with Crippen LogP contribution in [-0.2, 0) is 17.3 Å². The van der Waals surface area contributed by atoms with Gasteiger partial charge in [0, 0.05) is 22.0 Å². The van der Waals surface area contributed by atoms with Gasteiger partial charge in [-0.3, -0.25) is 0 Å². The normalized spacial score (nSPS) is 12.4. The summed E-state index contributed by atoms with van der Waals surface area (Å²) in [6.45, 7) is 11.2. The lowest BCUT2D eigenvalue weighted by atomic mass is 9.80. The highest BCUT2D eigenvalue weighted by Crippen LogP contribution is 2.38. The molecule has 0 fully saturated rings. The first kappa shape index (κ1) is 29.9. The molecule has 0 amide bonds. The van der Waals surface area contributed by atoms with Crippen LogP contribution in [0.3, 0.4) is 0 Å². The Balaban J connectivity index is 1.25. The molecular formula is C44H38N4. The Morgan fingerprint density at radius 1 is 0.458 bits per heavy atom. The van der Waals surface area contributed by atoms with Gasteiger partial charge >= 0.3 is 0 Å². The first-order valence-electron chi connectivity index (χ1n) is 16.7. The standard InChI is InChI=1S/C44H38N4/c1-43(2,3)41-40(34-18-12-16-30-14-8-9-17-33(30)34)46-38-25-28(21-24-37(38)47-41)27-44(4,5)42-39(45-35-19-10-11-20-36(35)48-42)32-23-22-29-13-6-7-15-31(29)26-32/h6-26H,27H2,1-5H3. The third kappa shape index (κ3) is 5.37. The fraction of sp³-hybridized carbons (Fsp3) is 0.182. The summed E-state index contributed by atoms with van der Waals surface area (Å²) < 4.78 is 0. The van der Waals surface area contributed by atoms with Crippen molar-refractivity contribution in [2.75, 3.05) is 0 Å². The van der Waals surface area contributed by atoms with E-state index >= 15 is 0 Å². The first-order valence-corrected chi connectivity index (χ1v) is 16.7. The van der Waals surface area contributed by atoms with E-state index in [4.69, 9.17) is 19.9 Å². The number of fused-ring (bicyclic) bond motifs is 4. The molecule has 4 nitrogen and oxygen atoms in total. The monoisotopic (exact) mass is 622 g/mol.